The number of aryl methyl sites for hydroxylation is 1. The lowest BCUT2D eigenvalue weighted by atomic mass is 10.2. The molecule has 9 nitrogen and oxygen atoms in total. The van der Waals surface area contributed by atoms with E-state index in [-0.39, 0.29) is 19.0 Å². The summed E-state index contributed by atoms with van der Waals surface area (Å²) in [6.07, 6.45) is 5.12. The van der Waals surface area contributed by atoms with Gasteiger partial charge in [-0.25, -0.2) is 14.0 Å². The molecule has 1 fully saturated rings. The van der Waals surface area contributed by atoms with Crippen LogP contribution in [0.2, 0.25) is 5.02 Å². The number of hydrogen-bond donors (Lipinski definition) is 0. The normalized spacial score (nSPS) is 13.5. The van der Waals surface area contributed by atoms with Gasteiger partial charge in [-0.3, -0.25) is 14.3 Å². The van der Waals surface area contributed by atoms with E-state index in [4.69, 9.17) is 11.6 Å². The average Bonchev–Trinajstić information content (AvgIpc) is 3.43. The Labute approximate surface area is 201 Å². The highest BCUT2D eigenvalue weighted by molar-refractivity contribution is 7.22. The third-order valence-corrected chi connectivity index (χ3v) is 7.37. The first-order valence-corrected chi connectivity index (χ1v) is 11.9. The zero-order chi connectivity index (χ0) is 23.4. The fourth-order valence-corrected chi connectivity index (χ4v) is 5.57. The second-order valence-electron chi connectivity index (χ2n) is 8.08. The van der Waals surface area contributed by atoms with E-state index >= 15 is 0 Å². The van der Waals surface area contributed by atoms with Gasteiger partial charge in [-0.05, 0) is 25.0 Å². The monoisotopic (exact) mass is 489 g/mol. The van der Waals surface area contributed by atoms with E-state index in [1.54, 1.807) is 23.0 Å². The van der Waals surface area contributed by atoms with Crippen molar-refractivity contribution in [2.75, 3.05) is 0 Å². The van der Waals surface area contributed by atoms with E-state index in [1.165, 1.54) is 22.1 Å². The molecule has 1 aliphatic carbocycles. The van der Waals surface area contributed by atoms with Crippen LogP contribution in [0.4, 0.5) is 0 Å². The van der Waals surface area contributed by atoms with Crippen LogP contribution in [0.3, 0.4) is 0 Å². The Kier molecular flexibility index (Phi) is 4.83. The van der Waals surface area contributed by atoms with Crippen LogP contribution in [-0.4, -0.2) is 29.1 Å². The third kappa shape index (κ3) is 3.16. The van der Waals surface area contributed by atoms with E-state index in [2.05, 4.69) is 21.4 Å². The van der Waals surface area contributed by atoms with Crippen molar-refractivity contribution in [1.29, 1.82) is 5.26 Å². The van der Waals surface area contributed by atoms with E-state index < -0.39 is 11.2 Å². The topological polar surface area (TPSA) is 111 Å². The highest BCUT2D eigenvalue weighted by Gasteiger charge is 2.29. The van der Waals surface area contributed by atoms with E-state index in [0.29, 0.717) is 32.0 Å². The van der Waals surface area contributed by atoms with Gasteiger partial charge in [0.1, 0.15) is 15.7 Å². The van der Waals surface area contributed by atoms with Gasteiger partial charge in [-0.1, -0.05) is 35.0 Å². The number of nitrogens with zero attached hydrogens (tertiary/aromatic N) is 7. The number of thiophene rings is 1. The van der Waals surface area contributed by atoms with E-state index in [0.717, 1.165) is 27.8 Å². The number of benzene rings is 1. The van der Waals surface area contributed by atoms with Crippen LogP contribution in [0.1, 0.15) is 25.3 Å². The highest BCUT2D eigenvalue weighted by atomic mass is 35.5. The van der Waals surface area contributed by atoms with Crippen LogP contribution in [0, 0.1) is 11.3 Å². The number of halogens is 1. The highest BCUT2D eigenvalue weighted by Crippen LogP contribution is 2.38. The van der Waals surface area contributed by atoms with Crippen molar-refractivity contribution in [3.63, 3.8) is 0 Å². The number of pyridine rings is 1. The number of hydrogen-bond acceptors (Lipinski definition) is 7. The van der Waals surface area contributed by atoms with Crippen molar-refractivity contribution in [3.05, 3.63) is 68.6 Å². The summed E-state index contributed by atoms with van der Waals surface area (Å²) >= 11 is 7.67. The van der Waals surface area contributed by atoms with Crippen LogP contribution < -0.4 is 11.2 Å². The molecule has 0 bridgehead atoms. The molecule has 34 heavy (non-hydrogen) atoms. The Morgan fingerprint density at radius 3 is 2.79 bits per heavy atom. The number of aromatic nitrogens is 6. The Bertz CT molecular complexity index is 1750. The second kappa shape index (κ2) is 7.90. The zero-order valence-electron chi connectivity index (χ0n) is 17.7. The summed E-state index contributed by atoms with van der Waals surface area (Å²) in [5.41, 5.74) is 1.73. The molecule has 4 heterocycles. The van der Waals surface area contributed by atoms with E-state index in [9.17, 15) is 14.9 Å². The molecule has 0 saturated heterocycles. The van der Waals surface area contributed by atoms with Crippen molar-refractivity contribution >= 4 is 44.2 Å². The van der Waals surface area contributed by atoms with Crippen LogP contribution in [0.15, 0.2) is 52.3 Å². The van der Waals surface area contributed by atoms with Crippen molar-refractivity contribution in [3.8, 4) is 22.2 Å². The zero-order valence-corrected chi connectivity index (χ0v) is 19.3. The standard InChI is InChI=1S/C23H16ClN7O2S/c24-15-5-2-1-4-14(15)19-10-17-21(34-19)22(32)30(23(33)29(17)9-3-8-25)18-12-26-11-16-20(18)31(28-27-16)13-6-7-13/h1-2,4-5,10-13H,3,6-7,9H2. The van der Waals surface area contributed by atoms with Gasteiger partial charge in [0.25, 0.3) is 5.56 Å². The molecule has 1 aromatic carbocycles. The number of fused-ring (bicyclic) bond motifs is 2. The molecule has 0 radical (unpaired) electrons. The molecule has 0 atom stereocenters. The maximum absolute atomic E-state index is 13.8. The van der Waals surface area contributed by atoms with Gasteiger partial charge in [-0.15, -0.1) is 16.4 Å². The van der Waals surface area contributed by atoms with Gasteiger partial charge in [0.15, 0.2) is 0 Å². The smallest absolute Gasteiger partial charge is 0.291 e. The molecule has 0 amide bonds. The van der Waals surface area contributed by atoms with Crippen LogP contribution in [-0.2, 0) is 6.54 Å². The summed E-state index contributed by atoms with van der Waals surface area (Å²) in [5, 5.41) is 18.2. The molecular formula is C23H16ClN7O2S. The van der Waals surface area contributed by atoms with Gasteiger partial charge in [0.2, 0.25) is 0 Å². The van der Waals surface area contributed by atoms with Gasteiger partial charge >= 0.3 is 5.69 Å². The van der Waals surface area contributed by atoms with Crippen molar-refractivity contribution in [2.45, 2.75) is 31.8 Å². The molecular weight excluding hydrogens is 474 g/mol. The quantitative estimate of drug-likeness (QED) is 0.370. The lowest BCUT2D eigenvalue weighted by Crippen LogP contribution is -2.38. The Morgan fingerprint density at radius 2 is 2.03 bits per heavy atom. The minimum Gasteiger partial charge on any atom is -0.291 e. The molecule has 1 aliphatic rings. The maximum Gasteiger partial charge on any atom is 0.336 e. The Morgan fingerprint density at radius 1 is 1.21 bits per heavy atom. The number of rotatable bonds is 5. The summed E-state index contributed by atoms with van der Waals surface area (Å²) in [7, 11) is 0. The number of nitriles is 1. The minimum absolute atomic E-state index is 0.120. The molecule has 168 valence electrons. The summed E-state index contributed by atoms with van der Waals surface area (Å²) in [5.74, 6) is 0. The first kappa shape index (κ1) is 20.8. The third-order valence-electron chi connectivity index (χ3n) is 5.90. The largest absolute Gasteiger partial charge is 0.336 e. The molecule has 11 heteroatoms. The molecule has 0 unspecified atom stereocenters. The molecule has 1 saturated carbocycles. The van der Waals surface area contributed by atoms with Crippen LogP contribution in [0.25, 0.3) is 37.4 Å². The van der Waals surface area contributed by atoms with Crippen LogP contribution >= 0.6 is 22.9 Å². The second-order valence-corrected chi connectivity index (χ2v) is 9.54. The fraction of sp³-hybridized carbons (Fsp3) is 0.217. The van der Waals surface area contributed by atoms with Crippen molar-refractivity contribution < 1.29 is 0 Å². The molecule has 0 spiro atoms. The summed E-state index contributed by atoms with van der Waals surface area (Å²) < 4.78 is 4.77. The minimum atomic E-state index is -0.533. The van der Waals surface area contributed by atoms with Gasteiger partial charge in [-0.2, -0.15) is 5.26 Å². The lowest BCUT2D eigenvalue weighted by Gasteiger charge is -2.12. The summed E-state index contributed by atoms with van der Waals surface area (Å²) in [4.78, 5) is 32.4. The fourth-order valence-electron chi connectivity index (χ4n) is 4.15. The van der Waals surface area contributed by atoms with Crippen LogP contribution in [0.5, 0.6) is 0 Å². The average molecular weight is 490 g/mol. The summed E-state index contributed by atoms with van der Waals surface area (Å²) in [6, 6.07) is 11.4. The maximum atomic E-state index is 13.8. The molecule has 5 aromatic rings. The first-order chi connectivity index (χ1) is 16.6. The van der Waals surface area contributed by atoms with Crippen molar-refractivity contribution in [1.82, 2.24) is 29.1 Å². The summed E-state index contributed by atoms with van der Waals surface area (Å²) in [6.45, 7) is 0.147. The molecule has 6 rings (SSSR count). The lowest BCUT2D eigenvalue weighted by molar-refractivity contribution is 0.625. The van der Waals surface area contributed by atoms with Gasteiger partial charge in [0.05, 0.1) is 42.1 Å². The first-order valence-electron chi connectivity index (χ1n) is 10.7. The predicted molar refractivity (Wildman–Crippen MR) is 130 cm³/mol. The SMILES string of the molecule is N#CCCn1c(=O)n(-c2cncc3nnn(C4CC4)c23)c(=O)c2sc(-c3ccccc3Cl)cc21. The molecule has 0 aliphatic heterocycles. The molecule has 4 aromatic heterocycles. The van der Waals surface area contributed by atoms with Crippen molar-refractivity contribution in [2.24, 2.45) is 0 Å². The molecule has 0 N–H and O–H groups in total. The van der Waals surface area contributed by atoms with Gasteiger partial charge in [0, 0.05) is 22.0 Å². The Hall–Kier alpha value is -3.81. The predicted octanol–water partition coefficient (Wildman–Crippen LogP) is 3.92. The Balaban J connectivity index is 1.68. The van der Waals surface area contributed by atoms with E-state index in [1.807, 2.05) is 18.2 Å². The van der Waals surface area contributed by atoms with Gasteiger partial charge < -0.3 is 0 Å².